The van der Waals surface area contributed by atoms with Crippen molar-refractivity contribution in [1.29, 1.82) is 0 Å². The Morgan fingerprint density at radius 3 is 2.74 bits per heavy atom. The van der Waals surface area contributed by atoms with E-state index in [0.717, 1.165) is 29.3 Å². The summed E-state index contributed by atoms with van der Waals surface area (Å²) in [7, 11) is 0. The normalized spacial score (nSPS) is 10.8. The molecule has 0 spiro atoms. The number of H-pyrrole nitrogens is 1. The molecule has 102 valence electrons. The van der Waals surface area contributed by atoms with Crippen molar-refractivity contribution in [3.05, 3.63) is 35.5 Å². The number of rotatable bonds is 6. The van der Waals surface area contributed by atoms with E-state index in [-0.39, 0.29) is 5.97 Å². The minimum Gasteiger partial charge on any atom is -0.461 e. The zero-order valence-corrected chi connectivity index (χ0v) is 11.7. The number of aromatic nitrogens is 1. The molecule has 0 aliphatic rings. The standard InChI is InChI=1S/C16H21NO2/c1-3-5-6-10-13-12-9-7-8-11-14(12)17-15(13)16(18)19-4-2/h7-9,11,17H,3-6,10H2,1-2H3. The Morgan fingerprint density at radius 2 is 2.00 bits per heavy atom. The van der Waals surface area contributed by atoms with E-state index < -0.39 is 0 Å². The molecule has 1 heterocycles. The Balaban J connectivity index is 2.37. The summed E-state index contributed by atoms with van der Waals surface area (Å²) in [5.74, 6) is -0.245. The first-order chi connectivity index (χ1) is 9.27. The predicted octanol–water partition coefficient (Wildman–Crippen LogP) is 4.08. The first-order valence-corrected chi connectivity index (χ1v) is 7.04. The van der Waals surface area contributed by atoms with Gasteiger partial charge in [-0.3, -0.25) is 0 Å². The van der Waals surface area contributed by atoms with E-state index in [9.17, 15) is 4.79 Å². The highest BCUT2D eigenvalue weighted by molar-refractivity contribution is 5.98. The SMILES string of the molecule is CCCCCc1c(C(=O)OCC)[nH]c2ccccc12. The van der Waals surface area contributed by atoms with Gasteiger partial charge in [-0.05, 0) is 31.4 Å². The molecular formula is C16H21NO2. The van der Waals surface area contributed by atoms with Crippen molar-refractivity contribution in [3.63, 3.8) is 0 Å². The fourth-order valence-electron chi connectivity index (χ4n) is 2.39. The van der Waals surface area contributed by atoms with Crippen LogP contribution in [0.2, 0.25) is 0 Å². The van der Waals surface area contributed by atoms with E-state index in [1.807, 2.05) is 25.1 Å². The maximum atomic E-state index is 12.0. The third kappa shape index (κ3) is 2.98. The lowest BCUT2D eigenvalue weighted by atomic mass is 10.0. The summed E-state index contributed by atoms with van der Waals surface area (Å²) in [5, 5.41) is 1.14. The smallest absolute Gasteiger partial charge is 0.355 e. The number of unbranched alkanes of at least 4 members (excludes halogenated alkanes) is 2. The van der Waals surface area contributed by atoms with Gasteiger partial charge in [-0.2, -0.15) is 0 Å². The second-order valence-corrected chi connectivity index (χ2v) is 4.70. The summed E-state index contributed by atoms with van der Waals surface area (Å²) in [6, 6.07) is 8.05. The number of hydrogen-bond acceptors (Lipinski definition) is 2. The summed E-state index contributed by atoms with van der Waals surface area (Å²) >= 11 is 0. The number of carbonyl (C=O) groups excluding carboxylic acids is 1. The largest absolute Gasteiger partial charge is 0.461 e. The second-order valence-electron chi connectivity index (χ2n) is 4.70. The predicted molar refractivity (Wildman–Crippen MR) is 77.5 cm³/mol. The molecule has 3 heteroatoms. The average Bonchev–Trinajstić information content (AvgIpc) is 2.79. The third-order valence-corrected chi connectivity index (χ3v) is 3.32. The topological polar surface area (TPSA) is 42.1 Å². The number of esters is 1. The molecule has 19 heavy (non-hydrogen) atoms. The second kappa shape index (κ2) is 6.41. The van der Waals surface area contributed by atoms with Crippen molar-refractivity contribution in [3.8, 4) is 0 Å². The fraction of sp³-hybridized carbons (Fsp3) is 0.438. The van der Waals surface area contributed by atoms with E-state index in [1.54, 1.807) is 0 Å². The summed E-state index contributed by atoms with van der Waals surface area (Å²) < 4.78 is 5.13. The van der Waals surface area contributed by atoms with Crippen molar-refractivity contribution in [2.75, 3.05) is 6.61 Å². The molecule has 2 rings (SSSR count). The van der Waals surface area contributed by atoms with Gasteiger partial charge in [-0.25, -0.2) is 4.79 Å². The minimum atomic E-state index is -0.245. The van der Waals surface area contributed by atoms with Gasteiger partial charge in [0, 0.05) is 10.9 Å². The van der Waals surface area contributed by atoms with Crippen molar-refractivity contribution in [2.45, 2.75) is 39.5 Å². The van der Waals surface area contributed by atoms with Crippen molar-refractivity contribution >= 4 is 16.9 Å². The molecular weight excluding hydrogens is 238 g/mol. The lowest BCUT2D eigenvalue weighted by Crippen LogP contribution is -2.08. The van der Waals surface area contributed by atoms with Crippen molar-refractivity contribution in [2.24, 2.45) is 0 Å². The van der Waals surface area contributed by atoms with Crippen molar-refractivity contribution in [1.82, 2.24) is 4.98 Å². The highest BCUT2D eigenvalue weighted by Gasteiger charge is 2.17. The Morgan fingerprint density at radius 1 is 1.21 bits per heavy atom. The van der Waals surface area contributed by atoms with Gasteiger partial charge in [0.1, 0.15) is 5.69 Å². The van der Waals surface area contributed by atoms with Crippen LogP contribution in [0.5, 0.6) is 0 Å². The summed E-state index contributed by atoms with van der Waals surface area (Å²) in [5.41, 5.74) is 2.73. The quantitative estimate of drug-likeness (QED) is 0.627. The third-order valence-electron chi connectivity index (χ3n) is 3.32. The summed E-state index contributed by atoms with van der Waals surface area (Å²) in [4.78, 5) is 15.2. The molecule has 0 saturated carbocycles. The number of fused-ring (bicyclic) bond motifs is 1. The zero-order valence-electron chi connectivity index (χ0n) is 11.7. The van der Waals surface area contributed by atoms with E-state index >= 15 is 0 Å². The lowest BCUT2D eigenvalue weighted by Gasteiger charge is -2.04. The average molecular weight is 259 g/mol. The van der Waals surface area contributed by atoms with E-state index in [2.05, 4.69) is 18.0 Å². The molecule has 1 aromatic carbocycles. The van der Waals surface area contributed by atoms with Crippen LogP contribution in [0.15, 0.2) is 24.3 Å². The number of para-hydroxylation sites is 1. The molecule has 1 aromatic heterocycles. The first kappa shape index (κ1) is 13.7. The molecule has 2 aromatic rings. The molecule has 0 aliphatic carbocycles. The zero-order chi connectivity index (χ0) is 13.7. The minimum absolute atomic E-state index is 0.245. The molecule has 0 aliphatic heterocycles. The van der Waals surface area contributed by atoms with E-state index in [0.29, 0.717) is 12.3 Å². The Kier molecular flexibility index (Phi) is 4.61. The number of carbonyl (C=O) groups is 1. The van der Waals surface area contributed by atoms with Crippen LogP contribution in [0.1, 0.15) is 49.2 Å². The van der Waals surface area contributed by atoms with Gasteiger partial charge in [-0.1, -0.05) is 38.0 Å². The van der Waals surface area contributed by atoms with Crippen LogP contribution in [0, 0.1) is 0 Å². The molecule has 0 amide bonds. The molecule has 0 fully saturated rings. The highest BCUT2D eigenvalue weighted by atomic mass is 16.5. The van der Waals surface area contributed by atoms with Crippen LogP contribution in [-0.2, 0) is 11.2 Å². The number of nitrogens with one attached hydrogen (secondary N) is 1. The molecule has 1 N–H and O–H groups in total. The fourth-order valence-corrected chi connectivity index (χ4v) is 2.39. The number of ether oxygens (including phenoxy) is 1. The molecule has 0 unspecified atom stereocenters. The Labute approximate surface area is 114 Å². The van der Waals surface area contributed by atoms with Gasteiger partial charge in [0.25, 0.3) is 0 Å². The molecule has 0 saturated heterocycles. The van der Waals surface area contributed by atoms with E-state index in [4.69, 9.17) is 4.74 Å². The van der Waals surface area contributed by atoms with E-state index in [1.165, 1.54) is 12.8 Å². The monoisotopic (exact) mass is 259 g/mol. The molecule has 0 bridgehead atoms. The number of aromatic amines is 1. The van der Waals surface area contributed by atoms with Crippen LogP contribution >= 0.6 is 0 Å². The molecule has 0 atom stereocenters. The van der Waals surface area contributed by atoms with Crippen LogP contribution in [0.4, 0.5) is 0 Å². The Bertz CT molecular complexity index is 557. The first-order valence-electron chi connectivity index (χ1n) is 7.04. The van der Waals surface area contributed by atoms with Crippen molar-refractivity contribution < 1.29 is 9.53 Å². The molecule has 0 radical (unpaired) electrons. The Hall–Kier alpha value is -1.77. The highest BCUT2D eigenvalue weighted by Crippen LogP contribution is 2.25. The van der Waals surface area contributed by atoms with Crippen LogP contribution in [-0.4, -0.2) is 17.6 Å². The van der Waals surface area contributed by atoms with Crippen LogP contribution < -0.4 is 0 Å². The van der Waals surface area contributed by atoms with Gasteiger partial charge in [0.2, 0.25) is 0 Å². The maximum absolute atomic E-state index is 12.0. The number of hydrogen-bond donors (Lipinski definition) is 1. The summed E-state index contributed by atoms with van der Waals surface area (Å²) in [6.45, 7) is 4.42. The van der Waals surface area contributed by atoms with Gasteiger partial charge in [-0.15, -0.1) is 0 Å². The molecule has 3 nitrogen and oxygen atoms in total. The number of aryl methyl sites for hydroxylation is 1. The lowest BCUT2D eigenvalue weighted by molar-refractivity contribution is 0.0519. The number of benzene rings is 1. The van der Waals surface area contributed by atoms with Crippen LogP contribution in [0.3, 0.4) is 0 Å². The van der Waals surface area contributed by atoms with Gasteiger partial charge >= 0.3 is 5.97 Å². The van der Waals surface area contributed by atoms with Gasteiger partial charge < -0.3 is 9.72 Å². The van der Waals surface area contributed by atoms with Crippen LogP contribution in [0.25, 0.3) is 10.9 Å². The van der Waals surface area contributed by atoms with Gasteiger partial charge in [0.15, 0.2) is 0 Å². The summed E-state index contributed by atoms with van der Waals surface area (Å²) in [6.07, 6.45) is 4.38. The maximum Gasteiger partial charge on any atom is 0.355 e. The van der Waals surface area contributed by atoms with Gasteiger partial charge in [0.05, 0.1) is 6.61 Å².